The molecule has 0 unspecified atom stereocenters. The number of carbonyl (C=O) groups is 1. The number of hydrogen-bond acceptors (Lipinski definition) is 5. The molecule has 0 aliphatic rings. The van der Waals surface area contributed by atoms with Crippen LogP contribution in [-0.4, -0.2) is 19.5 Å². The fraction of sp³-hybridized carbons (Fsp3) is 0.111. The van der Waals surface area contributed by atoms with Gasteiger partial charge >= 0.3 is 0 Å². The summed E-state index contributed by atoms with van der Waals surface area (Å²) >= 11 is 0. The van der Waals surface area contributed by atoms with Crippen molar-refractivity contribution in [3.8, 4) is 11.3 Å². The monoisotopic (exact) mass is 389 g/mol. The molecular weight excluding hydrogens is 373 g/mol. The largest absolute Gasteiger partial charge is 0.360 e. The number of sulfonamides is 1. The van der Waals surface area contributed by atoms with Gasteiger partial charge < -0.3 is 9.84 Å². The topological polar surface area (TPSA) is 115 Å². The lowest BCUT2D eigenvalue weighted by molar-refractivity contribution is 0.0950. The molecule has 1 heterocycles. The van der Waals surface area contributed by atoms with Gasteiger partial charge in [-0.25, -0.2) is 17.9 Å². The minimum atomic E-state index is -3.83. The second-order valence-electron chi connectivity index (χ2n) is 5.84. The quantitative estimate of drug-likeness (QED) is 0.695. The number of benzene rings is 2. The van der Waals surface area contributed by atoms with Crippen LogP contribution in [0.2, 0.25) is 0 Å². The first-order valence-corrected chi connectivity index (χ1v) is 9.42. The molecule has 0 spiro atoms. The van der Waals surface area contributed by atoms with E-state index < -0.39 is 21.7 Å². The van der Waals surface area contributed by atoms with Crippen molar-refractivity contribution >= 4 is 15.9 Å². The molecule has 1 aromatic heterocycles. The number of nitrogens with two attached hydrogens (primary N) is 1. The minimum absolute atomic E-state index is 0.0394. The molecule has 1 amide bonds. The Bertz CT molecular complexity index is 1090. The second-order valence-corrected chi connectivity index (χ2v) is 7.41. The summed E-state index contributed by atoms with van der Waals surface area (Å²) in [5, 5.41) is 11.7. The third-order valence-corrected chi connectivity index (χ3v) is 4.80. The summed E-state index contributed by atoms with van der Waals surface area (Å²) in [5.74, 6) is -0.543. The second kappa shape index (κ2) is 7.29. The van der Waals surface area contributed by atoms with Gasteiger partial charge in [0, 0.05) is 12.1 Å². The van der Waals surface area contributed by atoms with Gasteiger partial charge in [0.05, 0.1) is 4.90 Å². The van der Waals surface area contributed by atoms with Crippen LogP contribution in [0.4, 0.5) is 4.39 Å². The van der Waals surface area contributed by atoms with Crippen LogP contribution in [0.25, 0.3) is 11.3 Å². The zero-order chi connectivity index (χ0) is 19.6. The SMILES string of the molecule is Cc1onc(-c2ccc(F)cc2)c1C(=O)NCc1cccc(S(N)(=O)=O)c1. The summed E-state index contributed by atoms with van der Waals surface area (Å²) in [7, 11) is -3.83. The van der Waals surface area contributed by atoms with E-state index in [4.69, 9.17) is 9.66 Å². The summed E-state index contributed by atoms with van der Waals surface area (Å²) in [4.78, 5) is 12.6. The molecule has 3 N–H and O–H groups in total. The Morgan fingerprint density at radius 1 is 1.22 bits per heavy atom. The third kappa shape index (κ3) is 4.21. The Morgan fingerprint density at radius 3 is 2.59 bits per heavy atom. The van der Waals surface area contributed by atoms with Crippen molar-refractivity contribution in [3.63, 3.8) is 0 Å². The highest BCUT2D eigenvalue weighted by Gasteiger charge is 2.21. The first kappa shape index (κ1) is 18.7. The van der Waals surface area contributed by atoms with Crippen molar-refractivity contribution < 1.29 is 22.1 Å². The smallest absolute Gasteiger partial charge is 0.257 e. The van der Waals surface area contributed by atoms with Crippen LogP contribution in [0.3, 0.4) is 0 Å². The fourth-order valence-corrected chi connectivity index (χ4v) is 3.13. The number of halogens is 1. The Labute approximate surface area is 155 Å². The van der Waals surface area contributed by atoms with Gasteiger partial charge in [0.15, 0.2) is 0 Å². The minimum Gasteiger partial charge on any atom is -0.360 e. The van der Waals surface area contributed by atoms with Gasteiger partial charge in [-0.3, -0.25) is 4.79 Å². The molecule has 0 bridgehead atoms. The molecule has 2 aromatic carbocycles. The molecule has 0 aliphatic carbocycles. The standard InChI is InChI=1S/C18H16FN3O4S/c1-11-16(17(22-26-11)13-5-7-14(19)8-6-13)18(23)21-10-12-3-2-4-15(9-12)27(20,24)25/h2-9H,10H2,1H3,(H,21,23)(H2,20,24,25). The summed E-state index contributed by atoms with van der Waals surface area (Å²) in [6, 6.07) is 11.5. The van der Waals surface area contributed by atoms with Gasteiger partial charge in [-0.2, -0.15) is 0 Å². The molecule has 140 valence electrons. The Kier molecular flexibility index (Phi) is 5.06. The molecule has 3 aromatic rings. The van der Waals surface area contributed by atoms with Gasteiger partial charge in [-0.1, -0.05) is 17.3 Å². The van der Waals surface area contributed by atoms with E-state index >= 15 is 0 Å². The van der Waals surface area contributed by atoms with Gasteiger partial charge in [-0.05, 0) is 48.9 Å². The number of aryl methyl sites for hydroxylation is 1. The lowest BCUT2D eigenvalue weighted by atomic mass is 10.1. The van der Waals surface area contributed by atoms with E-state index in [1.54, 1.807) is 13.0 Å². The van der Waals surface area contributed by atoms with E-state index in [1.165, 1.54) is 42.5 Å². The summed E-state index contributed by atoms with van der Waals surface area (Å²) in [6.45, 7) is 1.67. The van der Waals surface area contributed by atoms with E-state index in [1.807, 2.05) is 0 Å². The fourth-order valence-electron chi connectivity index (χ4n) is 2.55. The van der Waals surface area contributed by atoms with Crippen molar-refractivity contribution in [2.45, 2.75) is 18.4 Å². The summed E-state index contributed by atoms with van der Waals surface area (Å²) in [6.07, 6.45) is 0. The number of amides is 1. The summed E-state index contributed by atoms with van der Waals surface area (Å²) < 4.78 is 41.1. The van der Waals surface area contributed by atoms with E-state index in [0.717, 1.165) is 0 Å². The molecule has 0 fully saturated rings. The van der Waals surface area contributed by atoms with Crippen molar-refractivity contribution in [1.29, 1.82) is 0 Å². The van der Waals surface area contributed by atoms with E-state index in [9.17, 15) is 17.6 Å². The third-order valence-electron chi connectivity index (χ3n) is 3.89. The van der Waals surface area contributed by atoms with E-state index in [0.29, 0.717) is 22.6 Å². The van der Waals surface area contributed by atoms with E-state index in [-0.39, 0.29) is 17.0 Å². The van der Waals surface area contributed by atoms with Crippen LogP contribution in [0.1, 0.15) is 21.7 Å². The van der Waals surface area contributed by atoms with Gasteiger partial charge in [0.2, 0.25) is 10.0 Å². The maximum Gasteiger partial charge on any atom is 0.257 e. The predicted octanol–water partition coefficient (Wildman–Crippen LogP) is 2.37. The first-order chi connectivity index (χ1) is 12.8. The van der Waals surface area contributed by atoms with Crippen molar-refractivity contribution in [3.05, 3.63) is 71.2 Å². The highest BCUT2D eigenvalue weighted by molar-refractivity contribution is 7.89. The van der Waals surface area contributed by atoms with Crippen LogP contribution < -0.4 is 10.5 Å². The van der Waals surface area contributed by atoms with Crippen LogP contribution in [-0.2, 0) is 16.6 Å². The molecule has 27 heavy (non-hydrogen) atoms. The Morgan fingerprint density at radius 2 is 1.93 bits per heavy atom. The van der Waals surface area contributed by atoms with Crippen LogP contribution in [0.5, 0.6) is 0 Å². The predicted molar refractivity (Wildman–Crippen MR) is 95.6 cm³/mol. The highest BCUT2D eigenvalue weighted by atomic mass is 32.2. The van der Waals surface area contributed by atoms with Gasteiger partial charge in [0.25, 0.3) is 5.91 Å². The van der Waals surface area contributed by atoms with Gasteiger partial charge in [-0.15, -0.1) is 0 Å². The number of primary sulfonamides is 1. The van der Waals surface area contributed by atoms with Crippen LogP contribution >= 0.6 is 0 Å². The molecular formula is C18H16FN3O4S. The summed E-state index contributed by atoms with van der Waals surface area (Å²) in [5.41, 5.74) is 1.62. The zero-order valence-electron chi connectivity index (χ0n) is 14.3. The maximum atomic E-state index is 13.1. The first-order valence-electron chi connectivity index (χ1n) is 7.88. The van der Waals surface area contributed by atoms with Gasteiger partial charge in [0.1, 0.15) is 22.8 Å². The molecule has 0 atom stereocenters. The molecule has 0 aliphatic heterocycles. The Hall–Kier alpha value is -3.04. The van der Waals surface area contributed by atoms with Crippen LogP contribution in [0, 0.1) is 12.7 Å². The molecule has 7 nitrogen and oxygen atoms in total. The normalized spacial score (nSPS) is 11.4. The van der Waals surface area contributed by atoms with Crippen molar-refractivity contribution in [2.75, 3.05) is 0 Å². The number of aromatic nitrogens is 1. The zero-order valence-corrected chi connectivity index (χ0v) is 15.1. The number of nitrogens with one attached hydrogen (secondary N) is 1. The maximum absolute atomic E-state index is 13.1. The molecule has 3 rings (SSSR count). The number of rotatable bonds is 5. The van der Waals surface area contributed by atoms with Crippen molar-refractivity contribution in [1.82, 2.24) is 10.5 Å². The molecule has 0 radical (unpaired) electrons. The Balaban J connectivity index is 1.82. The van der Waals surface area contributed by atoms with E-state index in [2.05, 4.69) is 10.5 Å². The lowest BCUT2D eigenvalue weighted by Gasteiger charge is -2.07. The number of nitrogens with zero attached hydrogens (tertiary/aromatic N) is 1. The highest BCUT2D eigenvalue weighted by Crippen LogP contribution is 2.25. The number of carbonyl (C=O) groups excluding carboxylic acids is 1. The average molecular weight is 389 g/mol. The molecule has 9 heteroatoms. The molecule has 0 saturated carbocycles. The average Bonchev–Trinajstić information content (AvgIpc) is 3.01. The number of hydrogen-bond donors (Lipinski definition) is 2. The molecule has 0 saturated heterocycles. The van der Waals surface area contributed by atoms with Crippen molar-refractivity contribution in [2.24, 2.45) is 5.14 Å². The lowest BCUT2D eigenvalue weighted by Crippen LogP contribution is -2.24. The van der Waals surface area contributed by atoms with Crippen LogP contribution in [0.15, 0.2) is 57.9 Å².